The Morgan fingerprint density at radius 2 is 1.92 bits per heavy atom. The van der Waals surface area contributed by atoms with Gasteiger partial charge in [0.25, 0.3) is 0 Å². The third-order valence-corrected chi connectivity index (χ3v) is 6.21. The fraction of sp³-hybridized carbons (Fsp3) is 0.900. The van der Waals surface area contributed by atoms with E-state index >= 15 is 0 Å². The molecule has 1 unspecified atom stereocenters. The van der Waals surface area contributed by atoms with Crippen molar-refractivity contribution in [1.82, 2.24) is 4.90 Å². The number of hydrogen-bond acceptors (Lipinski definition) is 3. The Balaban J connectivity index is 2.82. The summed E-state index contributed by atoms with van der Waals surface area (Å²) in [6.45, 7) is 13.3. The van der Waals surface area contributed by atoms with Crippen molar-refractivity contribution in [2.24, 2.45) is 17.8 Å². The summed E-state index contributed by atoms with van der Waals surface area (Å²) >= 11 is 6.40. The van der Waals surface area contributed by atoms with Crippen LogP contribution in [-0.4, -0.2) is 42.8 Å². The van der Waals surface area contributed by atoms with Crippen LogP contribution in [0.4, 0.5) is 0 Å². The van der Waals surface area contributed by atoms with E-state index in [-0.39, 0.29) is 17.9 Å². The number of methoxy groups -OCH3 is 1. The SMILES string of the molecule is C/C=C(/OC)[C@H](C)[C@H](C)C(CCl)N(C)[C@@]1(CCCC(C)C)O[C@@H]1C. The number of likely N-dealkylation sites (N-methyl/N-ethyl adjacent to an activating group) is 1. The van der Waals surface area contributed by atoms with Gasteiger partial charge in [-0.05, 0) is 51.6 Å². The first-order valence-electron chi connectivity index (χ1n) is 9.42. The Morgan fingerprint density at radius 1 is 1.33 bits per heavy atom. The summed E-state index contributed by atoms with van der Waals surface area (Å²) in [6, 6.07) is 0.260. The van der Waals surface area contributed by atoms with Crippen molar-refractivity contribution in [3.63, 3.8) is 0 Å². The van der Waals surface area contributed by atoms with Crippen LogP contribution in [0.5, 0.6) is 0 Å². The molecule has 0 aromatic heterocycles. The van der Waals surface area contributed by atoms with Gasteiger partial charge in [0.1, 0.15) is 5.72 Å². The predicted octanol–water partition coefficient (Wildman–Crippen LogP) is 5.29. The lowest BCUT2D eigenvalue weighted by atomic mass is 9.86. The average molecular weight is 360 g/mol. The van der Waals surface area contributed by atoms with Crippen molar-refractivity contribution >= 4 is 11.6 Å². The lowest BCUT2D eigenvalue weighted by molar-refractivity contribution is 0.0282. The number of allylic oxidation sites excluding steroid dienone is 2. The highest BCUT2D eigenvalue weighted by Gasteiger charge is 2.58. The molecule has 142 valence electrons. The molecule has 0 N–H and O–H groups in total. The molecule has 4 heteroatoms. The molecule has 1 rings (SSSR count). The van der Waals surface area contributed by atoms with Gasteiger partial charge in [-0.1, -0.05) is 34.1 Å². The van der Waals surface area contributed by atoms with Gasteiger partial charge >= 0.3 is 0 Å². The molecule has 0 saturated carbocycles. The van der Waals surface area contributed by atoms with E-state index in [1.54, 1.807) is 7.11 Å². The van der Waals surface area contributed by atoms with Gasteiger partial charge in [0.15, 0.2) is 0 Å². The molecule has 1 aliphatic heterocycles. The molecule has 0 spiro atoms. The normalized spacial score (nSPS) is 28.1. The van der Waals surface area contributed by atoms with Crippen molar-refractivity contribution < 1.29 is 9.47 Å². The maximum Gasteiger partial charge on any atom is 0.148 e. The van der Waals surface area contributed by atoms with E-state index in [9.17, 15) is 0 Å². The van der Waals surface area contributed by atoms with Crippen LogP contribution in [-0.2, 0) is 9.47 Å². The highest BCUT2D eigenvalue weighted by molar-refractivity contribution is 6.18. The van der Waals surface area contributed by atoms with Crippen LogP contribution in [0.25, 0.3) is 0 Å². The lowest BCUT2D eigenvalue weighted by Gasteiger charge is -2.38. The average Bonchev–Trinajstić information content (AvgIpc) is 3.19. The van der Waals surface area contributed by atoms with Crippen LogP contribution in [0, 0.1) is 17.8 Å². The highest BCUT2D eigenvalue weighted by atomic mass is 35.5. The third kappa shape index (κ3) is 4.89. The summed E-state index contributed by atoms with van der Waals surface area (Å²) in [5.74, 6) is 3.09. The number of rotatable bonds is 11. The minimum absolute atomic E-state index is 0.133. The minimum atomic E-state index is -0.133. The highest BCUT2D eigenvalue weighted by Crippen LogP contribution is 2.46. The van der Waals surface area contributed by atoms with Crippen LogP contribution in [0.2, 0.25) is 0 Å². The van der Waals surface area contributed by atoms with E-state index in [0.29, 0.717) is 17.7 Å². The number of nitrogens with zero attached hydrogens (tertiary/aromatic N) is 1. The van der Waals surface area contributed by atoms with Gasteiger partial charge in [-0.15, -0.1) is 11.6 Å². The molecule has 0 radical (unpaired) electrons. The van der Waals surface area contributed by atoms with E-state index in [2.05, 4.69) is 52.6 Å². The van der Waals surface area contributed by atoms with Crippen LogP contribution >= 0.6 is 11.6 Å². The predicted molar refractivity (Wildman–Crippen MR) is 103 cm³/mol. The Hall–Kier alpha value is -0.250. The van der Waals surface area contributed by atoms with Gasteiger partial charge in [-0.25, -0.2) is 0 Å². The second-order valence-corrected chi connectivity index (χ2v) is 8.08. The summed E-state index contributed by atoms with van der Waals surface area (Å²) in [5.41, 5.74) is -0.133. The Kier molecular flexibility index (Phi) is 8.58. The molecule has 1 heterocycles. The standard InChI is InChI=1S/C20H38ClNO2/c1-9-19(23-8)16(5)15(4)18(13-21)22(7)20(17(6)24-20)12-10-11-14(2)3/h9,14-18H,10-13H2,1-8H3/b19-9+/t15-,16+,17+,18?,20-/m0/s1. The van der Waals surface area contributed by atoms with E-state index in [1.165, 1.54) is 12.8 Å². The van der Waals surface area contributed by atoms with Crippen molar-refractivity contribution in [3.8, 4) is 0 Å². The van der Waals surface area contributed by atoms with Gasteiger partial charge in [-0.3, -0.25) is 4.90 Å². The number of alkyl halides is 1. The van der Waals surface area contributed by atoms with Crippen molar-refractivity contribution in [2.45, 2.75) is 78.7 Å². The zero-order valence-electron chi connectivity index (χ0n) is 16.9. The second kappa shape index (κ2) is 9.45. The van der Waals surface area contributed by atoms with Gasteiger partial charge in [0.2, 0.25) is 0 Å². The maximum absolute atomic E-state index is 6.40. The first kappa shape index (κ1) is 21.8. The van der Waals surface area contributed by atoms with Crippen molar-refractivity contribution in [2.75, 3.05) is 20.0 Å². The van der Waals surface area contributed by atoms with E-state index in [0.717, 1.165) is 18.1 Å². The summed E-state index contributed by atoms with van der Waals surface area (Å²) in [4.78, 5) is 2.40. The van der Waals surface area contributed by atoms with E-state index < -0.39 is 0 Å². The molecular formula is C20H38ClNO2. The fourth-order valence-electron chi connectivity index (χ4n) is 3.88. The molecule has 0 aromatic carbocycles. The zero-order chi connectivity index (χ0) is 18.5. The van der Waals surface area contributed by atoms with Gasteiger partial charge < -0.3 is 9.47 Å². The first-order valence-corrected chi connectivity index (χ1v) is 9.95. The molecular weight excluding hydrogens is 322 g/mol. The quantitative estimate of drug-likeness (QED) is 0.284. The van der Waals surface area contributed by atoms with Crippen molar-refractivity contribution in [3.05, 3.63) is 11.8 Å². The summed E-state index contributed by atoms with van der Waals surface area (Å²) < 4.78 is 11.6. The number of epoxide rings is 1. The number of halogens is 1. The molecule has 0 amide bonds. The maximum atomic E-state index is 6.40. The number of hydrogen-bond donors (Lipinski definition) is 0. The van der Waals surface area contributed by atoms with E-state index in [4.69, 9.17) is 21.1 Å². The van der Waals surface area contributed by atoms with E-state index in [1.807, 2.05) is 6.92 Å². The fourth-order valence-corrected chi connectivity index (χ4v) is 4.37. The molecule has 24 heavy (non-hydrogen) atoms. The Morgan fingerprint density at radius 3 is 2.29 bits per heavy atom. The Bertz CT molecular complexity index is 412. The Labute approximate surface area is 154 Å². The molecule has 3 nitrogen and oxygen atoms in total. The minimum Gasteiger partial charge on any atom is -0.501 e. The van der Waals surface area contributed by atoms with Gasteiger partial charge in [-0.2, -0.15) is 0 Å². The largest absolute Gasteiger partial charge is 0.501 e. The molecule has 1 aliphatic rings. The van der Waals surface area contributed by atoms with Crippen LogP contribution < -0.4 is 0 Å². The van der Waals surface area contributed by atoms with Gasteiger partial charge in [0, 0.05) is 17.8 Å². The lowest BCUT2D eigenvalue weighted by Crippen LogP contribution is -2.49. The molecule has 0 bridgehead atoms. The third-order valence-electron chi connectivity index (χ3n) is 5.89. The second-order valence-electron chi connectivity index (χ2n) is 7.77. The number of ether oxygens (including phenoxy) is 2. The van der Waals surface area contributed by atoms with Gasteiger partial charge in [0.05, 0.1) is 19.0 Å². The molecule has 0 aromatic rings. The summed E-state index contributed by atoms with van der Waals surface area (Å²) in [5, 5.41) is 0. The van der Waals surface area contributed by atoms with Crippen LogP contribution in [0.1, 0.15) is 60.8 Å². The topological polar surface area (TPSA) is 25.0 Å². The molecule has 5 atom stereocenters. The summed E-state index contributed by atoms with van der Waals surface area (Å²) in [6.07, 6.45) is 5.87. The zero-order valence-corrected chi connectivity index (χ0v) is 17.7. The molecule has 0 aliphatic carbocycles. The molecule has 1 fully saturated rings. The van der Waals surface area contributed by atoms with Crippen LogP contribution in [0.15, 0.2) is 11.8 Å². The van der Waals surface area contributed by atoms with Crippen molar-refractivity contribution in [1.29, 1.82) is 0 Å². The summed E-state index contributed by atoms with van der Waals surface area (Å²) in [7, 11) is 3.93. The monoisotopic (exact) mass is 359 g/mol. The van der Waals surface area contributed by atoms with Crippen LogP contribution in [0.3, 0.4) is 0 Å². The molecule has 1 saturated heterocycles. The smallest absolute Gasteiger partial charge is 0.148 e. The first-order chi connectivity index (χ1) is 11.2.